The summed E-state index contributed by atoms with van der Waals surface area (Å²) in [6, 6.07) is 0.0473. The molecule has 0 spiro atoms. The van der Waals surface area contributed by atoms with E-state index < -0.39 is 0 Å². The minimum Gasteiger partial charge on any atom is -0.347 e. The number of nitrogens with zero attached hydrogens (tertiary/aromatic N) is 3. The minimum atomic E-state index is -0.172. The molecule has 1 aromatic heterocycles. The standard InChI is InChI=1S/C20H28N4O2/c1-13(14-5-3-4-6-14)20(26)22-16-9-10-17(25)24(15-7-8-15)18(16)19-21-11-12-23(19)2/h11-12,15-16,18H,3-10H2,1-2H3,(H,22,26)/t16-,18-/m1/s1. The van der Waals surface area contributed by atoms with Crippen LogP contribution in [0, 0.1) is 0 Å². The maximum Gasteiger partial charge on any atom is 0.247 e. The number of aryl methyl sites for hydroxylation is 1. The third kappa shape index (κ3) is 3.17. The van der Waals surface area contributed by atoms with Gasteiger partial charge >= 0.3 is 0 Å². The van der Waals surface area contributed by atoms with Gasteiger partial charge in [-0.2, -0.15) is 0 Å². The number of allylic oxidation sites excluding steroid dienone is 1. The second kappa shape index (κ2) is 6.89. The Morgan fingerprint density at radius 2 is 1.92 bits per heavy atom. The van der Waals surface area contributed by atoms with E-state index >= 15 is 0 Å². The highest BCUT2D eigenvalue weighted by Crippen LogP contribution is 2.40. The van der Waals surface area contributed by atoms with Crippen LogP contribution in [0.4, 0.5) is 0 Å². The van der Waals surface area contributed by atoms with E-state index in [2.05, 4.69) is 10.3 Å². The van der Waals surface area contributed by atoms with Crippen molar-refractivity contribution in [2.45, 2.75) is 76.4 Å². The summed E-state index contributed by atoms with van der Waals surface area (Å²) in [5.41, 5.74) is 2.16. The SMILES string of the molecule is CC(C(=O)N[C@@H]1CCC(=O)N(C2CC2)[C@H]1c1nccn1C)=C1CCCC1. The number of likely N-dealkylation sites (tertiary alicyclic amines) is 1. The molecule has 1 N–H and O–H groups in total. The Morgan fingerprint density at radius 1 is 1.19 bits per heavy atom. The monoisotopic (exact) mass is 356 g/mol. The van der Waals surface area contributed by atoms with Crippen LogP contribution < -0.4 is 5.32 Å². The quantitative estimate of drug-likeness (QED) is 0.843. The minimum absolute atomic E-state index is 0.0243. The highest BCUT2D eigenvalue weighted by molar-refractivity contribution is 5.94. The highest BCUT2D eigenvalue weighted by Gasteiger charge is 2.46. The molecule has 2 saturated carbocycles. The summed E-state index contributed by atoms with van der Waals surface area (Å²) in [7, 11) is 1.96. The second-order valence-corrected chi connectivity index (χ2v) is 7.93. The first kappa shape index (κ1) is 17.3. The lowest BCUT2D eigenvalue weighted by molar-refractivity contribution is -0.140. The number of nitrogens with one attached hydrogen (secondary N) is 1. The number of hydrogen-bond acceptors (Lipinski definition) is 3. The van der Waals surface area contributed by atoms with E-state index in [0.717, 1.165) is 37.1 Å². The Morgan fingerprint density at radius 3 is 2.54 bits per heavy atom. The normalized spacial score (nSPS) is 26.3. The molecule has 6 nitrogen and oxygen atoms in total. The molecule has 26 heavy (non-hydrogen) atoms. The Bertz CT molecular complexity index is 739. The van der Waals surface area contributed by atoms with Gasteiger partial charge in [-0.05, 0) is 51.9 Å². The molecule has 140 valence electrons. The number of carbonyl (C=O) groups is 2. The van der Waals surface area contributed by atoms with Gasteiger partial charge in [-0.15, -0.1) is 0 Å². The molecule has 2 atom stereocenters. The largest absolute Gasteiger partial charge is 0.347 e. The summed E-state index contributed by atoms with van der Waals surface area (Å²) in [5, 5.41) is 3.25. The summed E-state index contributed by atoms with van der Waals surface area (Å²) in [6.07, 6.45) is 11.4. The molecule has 6 heteroatoms. The van der Waals surface area contributed by atoms with Crippen LogP contribution in [0.15, 0.2) is 23.5 Å². The molecule has 2 aliphatic carbocycles. The Balaban J connectivity index is 1.60. The summed E-state index contributed by atoms with van der Waals surface area (Å²) in [6.45, 7) is 1.94. The number of aromatic nitrogens is 2. The average Bonchev–Trinajstić information content (AvgIpc) is 3.14. The van der Waals surface area contributed by atoms with E-state index in [1.807, 2.05) is 29.6 Å². The number of amides is 2. The predicted molar refractivity (Wildman–Crippen MR) is 98.1 cm³/mol. The van der Waals surface area contributed by atoms with Gasteiger partial charge < -0.3 is 14.8 Å². The zero-order valence-corrected chi connectivity index (χ0v) is 15.7. The van der Waals surface area contributed by atoms with Gasteiger partial charge in [0.2, 0.25) is 11.8 Å². The van der Waals surface area contributed by atoms with E-state index in [9.17, 15) is 9.59 Å². The van der Waals surface area contributed by atoms with Crippen LogP contribution in [0.3, 0.4) is 0 Å². The van der Waals surface area contributed by atoms with E-state index in [-0.39, 0.29) is 23.9 Å². The van der Waals surface area contributed by atoms with Crippen molar-refractivity contribution < 1.29 is 9.59 Å². The van der Waals surface area contributed by atoms with Crippen LogP contribution >= 0.6 is 0 Å². The van der Waals surface area contributed by atoms with Gasteiger partial charge in [0.25, 0.3) is 0 Å². The molecule has 1 aromatic rings. The molecule has 3 fully saturated rings. The van der Waals surface area contributed by atoms with Crippen LogP contribution in [0.1, 0.15) is 70.2 Å². The van der Waals surface area contributed by atoms with Crippen LogP contribution in [-0.2, 0) is 16.6 Å². The molecular weight excluding hydrogens is 328 g/mol. The van der Waals surface area contributed by atoms with E-state index in [0.29, 0.717) is 18.9 Å². The molecule has 0 radical (unpaired) electrons. The maximum absolute atomic E-state index is 12.9. The zero-order valence-electron chi connectivity index (χ0n) is 15.7. The molecule has 3 aliphatic rings. The van der Waals surface area contributed by atoms with Crippen molar-refractivity contribution in [1.29, 1.82) is 0 Å². The Hall–Kier alpha value is -2.11. The van der Waals surface area contributed by atoms with Gasteiger partial charge in [-0.3, -0.25) is 9.59 Å². The number of imidazole rings is 1. The predicted octanol–water partition coefficient (Wildman–Crippen LogP) is 2.62. The van der Waals surface area contributed by atoms with Gasteiger partial charge in [0.15, 0.2) is 0 Å². The smallest absolute Gasteiger partial charge is 0.247 e. The third-order valence-corrected chi connectivity index (χ3v) is 6.10. The van der Waals surface area contributed by atoms with Crippen molar-refractivity contribution >= 4 is 11.8 Å². The Labute approximate surface area is 154 Å². The number of rotatable bonds is 4. The Kier molecular flexibility index (Phi) is 4.59. The van der Waals surface area contributed by atoms with Crippen LogP contribution in [0.25, 0.3) is 0 Å². The topological polar surface area (TPSA) is 67.2 Å². The van der Waals surface area contributed by atoms with Gasteiger partial charge in [0, 0.05) is 37.5 Å². The van der Waals surface area contributed by atoms with Gasteiger partial charge in [-0.1, -0.05) is 5.57 Å². The van der Waals surface area contributed by atoms with Crippen molar-refractivity contribution in [2.24, 2.45) is 7.05 Å². The molecule has 0 aromatic carbocycles. The van der Waals surface area contributed by atoms with Crippen molar-refractivity contribution in [1.82, 2.24) is 19.8 Å². The lowest BCUT2D eigenvalue weighted by Gasteiger charge is -2.41. The van der Waals surface area contributed by atoms with Crippen LogP contribution in [0.2, 0.25) is 0 Å². The first-order valence-electron chi connectivity index (χ1n) is 9.84. The summed E-state index contributed by atoms with van der Waals surface area (Å²) in [4.78, 5) is 32.0. The van der Waals surface area contributed by atoms with E-state index in [4.69, 9.17) is 0 Å². The first-order valence-corrected chi connectivity index (χ1v) is 9.84. The zero-order chi connectivity index (χ0) is 18.3. The van der Waals surface area contributed by atoms with E-state index in [1.165, 1.54) is 18.4 Å². The molecule has 1 saturated heterocycles. The van der Waals surface area contributed by atoms with Crippen molar-refractivity contribution in [3.63, 3.8) is 0 Å². The lowest BCUT2D eigenvalue weighted by atomic mass is 9.93. The van der Waals surface area contributed by atoms with Crippen molar-refractivity contribution in [3.05, 3.63) is 29.4 Å². The molecule has 2 heterocycles. The van der Waals surface area contributed by atoms with Gasteiger partial charge in [0.05, 0.1) is 6.04 Å². The number of piperidine rings is 1. The molecule has 0 unspecified atom stereocenters. The molecule has 0 bridgehead atoms. The van der Waals surface area contributed by atoms with Crippen LogP contribution in [0.5, 0.6) is 0 Å². The molecule has 1 aliphatic heterocycles. The average molecular weight is 356 g/mol. The highest BCUT2D eigenvalue weighted by atomic mass is 16.2. The summed E-state index contributed by atoms with van der Waals surface area (Å²) in [5.74, 6) is 1.08. The van der Waals surface area contributed by atoms with E-state index in [1.54, 1.807) is 6.20 Å². The van der Waals surface area contributed by atoms with Crippen LogP contribution in [-0.4, -0.2) is 38.3 Å². The second-order valence-electron chi connectivity index (χ2n) is 7.93. The fraction of sp³-hybridized carbons (Fsp3) is 0.650. The van der Waals surface area contributed by atoms with Crippen molar-refractivity contribution in [2.75, 3.05) is 0 Å². The van der Waals surface area contributed by atoms with Gasteiger partial charge in [0.1, 0.15) is 11.9 Å². The number of carbonyl (C=O) groups excluding carboxylic acids is 2. The summed E-state index contributed by atoms with van der Waals surface area (Å²) >= 11 is 0. The molecular formula is C20H28N4O2. The molecule has 2 amide bonds. The van der Waals surface area contributed by atoms with Gasteiger partial charge in [-0.25, -0.2) is 4.98 Å². The fourth-order valence-electron chi connectivity index (χ4n) is 4.43. The first-order chi connectivity index (χ1) is 12.6. The number of hydrogen-bond donors (Lipinski definition) is 1. The lowest BCUT2D eigenvalue weighted by Crippen LogP contribution is -2.53. The molecule has 4 rings (SSSR count). The fourth-order valence-corrected chi connectivity index (χ4v) is 4.43. The third-order valence-electron chi connectivity index (χ3n) is 6.10. The maximum atomic E-state index is 12.9. The summed E-state index contributed by atoms with van der Waals surface area (Å²) < 4.78 is 1.97. The van der Waals surface area contributed by atoms with Crippen molar-refractivity contribution in [3.8, 4) is 0 Å².